The maximum Gasteiger partial charge on any atom is 0.329 e. The van der Waals surface area contributed by atoms with Gasteiger partial charge in [0.1, 0.15) is 6.04 Å². The summed E-state index contributed by atoms with van der Waals surface area (Å²) in [4.78, 5) is 22.5. The van der Waals surface area contributed by atoms with Crippen molar-refractivity contribution in [3.63, 3.8) is 0 Å². The summed E-state index contributed by atoms with van der Waals surface area (Å²) in [5.74, 6) is -1.84. The van der Waals surface area contributed by atoms with Gasteiger partial charge in [-0.3, -0.25) is 4.79 Å². The SMILES string of the molecule is COC(=O)C(CS(=O)(=O)c1ccccc1)NC(C)=O. The standard InChI is InChI=1S/C12H15NO5S/c1-9(14)13-11(12(15)18-2)8-19(16,17)10-6-4-3-5-7-10/h3-7,11H,8H2,1-2H3,(H,13,14). The molecule has 0 aliphatic heterocycles. The van der Waals surface area contributed by atoms with Crippen molar-refractivity contribution in [2.75, 3.05) is 12.9 Å². The van der Waals surface area contributed by atoms with Crippen LogP contribution in [0.1, 0.15) is 6.92 Å². The quantitative estimate of drug-likeness (QED) is 0.777. The molecule has 0 aliphatic rings. The predicted octanol–water partition coefficient (Wildman–Crippen LogP) is 0.138. The van der Waals surface area contributed by atoms with Crippen molar-refractivity contribution < 1.29 is 22.7 Å². The van der Waals surface area contributed by atoms with Crippen molar-refractivity contribution in [3.05, 3.63) is 30.3 Å². The highest BCUT2D eigenvalue weighted by molar-refractivity contribution is 7.91. The maximum atomic E-state index is 12.1. The Morgan fingerprint density at radius 2 is 1.84 bits per heavy atom. The molecule has 0 aliphatic carbocycles. The molecule has 0 spiro atoms. The molecule has 7 heteroatoms. The highest BCUT2D eigenvalue weighted by Crippen LogP contribution is 2.11. The Morgan fingerprint density at radius 1 is 1.26 bits per heavy atom. The fourth-order valence-electron chi connectivity index (χ4n) is 1.50. The third-order valence-corrected chi connectivity index (χ3v) is 4.11. The van der Waals surface area contributed by atoms with Gasteiger partial charge in [-0.05, 0) is 12.1 Å². The van der Waals surface area contributed by atoms with E-state index in [0.717, 1.165) is 7.11 Å². The van der Waals surface area contributed by atoms with Gasteiger partial charge in [-0.15, -0.1) is 0 Å². The molecule has 1 N–H and O–H groups in total. The van der Waals surface area contributed by atoms with E-state index >= 15 is 0 Å². The summed E-state index contributed by atoms with van der Waals surface area (Å²) >= 11 is 0. The number of rotatable bonds is 5. The lowest BCUT2D eigenvalue weighted by Crippen LogP contribution is -2.45. The number of amides is 1. The minimum absolute atomic E-state index is 0.0919. The minimum Gasteiger partial charge on any atom is -0.467 e. The largest absolute Gasteiger partial charge is 0.467 e. The van der Waals surface area contributed by atoms with Crippen LogP contribution in [0.3, 0.4) is 0 Å². The van der Waals surface area contributed by atoms with Crippen molar-refractivity contribution in [2.24, 2.45) is 0 Å². The smallest absolute Gasteiger partial charge is 0.329 e. The first kappa shape index (κ1) is 15.2. The average molecular weight is 285 g/mol. The minimum atomic E-state index is -3.68. The third kappa shape index (κ3) is 4.36. The topological polar surface area (TPSA) is 89.5 Å². The van der Waals surface area contributed by atoms with Gasteiger partial charge in [-0.2, -0.15) is 0 Å². The van der Waals surface area contributed by atoms with Crippen molar-refractivity contribution in [3.8, 4) is 0 Å². The molecular weight excluding hydrogens is 270 g/mol. The summed E-state index contributed by atoms with van der Waals surface area (Å²) in [6, 6.07) is 6.49. The molecule has 1 aromatic rings. The van der Waals surface area contributed by atoms with E-state index in [0.29, 0.717) is 0 Å². The molecule has 1 amide bonds. The molecule has 0 saturated carbocycles. The van der Waals surface area contributed by atoms with Crippen molar-refractivity contribution in [2.45, 2.75) is 17.9 Å². The number of hydrogen-bond acceptors (Lipinski definition) is 5. The molecule has 1 atom stereocenters. The Balaban J connectivity index is 2.96. The average Bonchev–Trinajstić information content (AvgIpc) is 2.37. The zero-order valence-corrected chi connectivity index (χ0v) is 11.4. The van der Waals surface area contributed by atoms with Gasteiger partial charge in [0.15, 0.2) is 9.84 Å². The molecule has 0 saturated heterocycles. The first-order valence-corrected chi connectivity index (χ1v) is 7.15. The summed E-state index contributed by atoms with van der Waals surface area (Å²) in [7, 11) is -2.54. The van der Waals surface area contributed by atoms with Crippen molar-refractivity contribution in [1.82, 2.24) is 5.32 Å². The van der Waals surface area contributed by atoms with Crippen LogP contribution in [0.5, 0.6) is 0 Å². The number of nitrogens with one attached hydrogen (secondary N) is 1. The number of benzene rings is 1. The number of carbonyl (C=O) groups is 2. The van der Waals surface area contributed by atoms with E-state index in [-0.39, 0.29) is 4.90 Å². The zero-order chi connectivity index (χ0) is 14.5. The van der Waals surface area contributed by atoms with E-state index in [9.17, 15) is 18.0 Å². The fourth-order valence-corrected chi connectivity index (χ4v) is 2.92. The maximum absolute atomic E-state index is 12.1. The Hall–Kier alpha value is -1.89. The van der Waals surface area contributed by atoms with E-state index in [1.807, 2.05) is 0 Å². The summed E-state index contributed by atoms with van der Waals surface area (Å²) in [6.45, 7) is 1.20. The Labute approximate surface area is 111 Å². The normalized spacial score (nSPS) is 12.5. The summed E-state index contributed by atoms with van der Waals surface area (Å²) < 4.78 is 28.6. The van der Waals surface area contributed by atoms with Crippen LogP contribution in [0.15, 0.2) is 35.2 Å². The Morgan fingerprint density at radius 3 is 2.32 bits per heavy atom. The van der Waals surface area contributed by atoms with Gasteiger partial charge in [0.25, 0.3) is 0 Å². The highest BCUT2D eigenvalue weighted by Gasteiger charge is 2.28. The molecule has 19 heavy (non-hydrogen) atoms. The van der Waals surface area contributed by atoms with Gasteiger partial charge < -0.3 is 10.1 Å². The third-order valence-electron chi connectivity index (χ3n) is 2.35. The fraction of sp³-hybridized carbons (Fsp3) is 0.333. The Kier molecular flexibility index (Phi) is 5.05. The molecule has 104 valence electrons. The molecule has 0 fully saturated rings. The number of esters is 1. The number of sulfone groups is 1. The van der Waals surface area contributed by atoms with Crippen LogP contribution in [-0.4, -0.2) is 39.2 Å². The first-order chi connectivity index (χ1) is 8.86. The van der Waals surface area contributed by atoms with E-state index in [1.165, 1.54) is 19.1 Å². The predicted molar refractivity (Wildman–Crippen MR) is 68.1 cm³/mol. The molecule has 1 unspecified atom stereocenters. The second-order valence-corrected chi connectivity index (χ2v) is 5.90. The van der Waals surface area contributed by atoms with Crippen LogP contribution in [0.2, 0.25) is 0 Å². The second kappa shape index (κ2) is 6.33. The summed E-state index contributed by atoms with van der Waals surface area (Å²) in [5, 5.41) is 2.26. The molecular formula is C12H15NO5S. The van der Waals surface area contributed by atoms with Gasteiger partial charge >= 0.3 is 5.97 Å². The second-order valence-electron chi connectivity index (χ2n) is 3.87. The van der Waals surface area contributed by atoms with E-state index < -0.39 is 33.5 Å². The van der Waals surface area contributed by atoms with Crippen LogP contribution in [0.25, 0.3) is 0 Å². The van der Waals surface area contributed by atoms with Crippen LogP contribution in [0, 0.1) is 0 Å². The van der Waals surface area contributed by atoms with Gasteiger partial charge in [0.2, 0.25) is 5.91 Å². The van der Waals surface area contributed by atoms with Gasteiger partial charge in [-0.1, -0.05) is 18.2 Å². The van der Waals surface area contributed by atoms with Crippen LogP contribution in [0.4, 0.5) is 0 Å². The highest BCUT2D eigenvalue weighted by atomic mass is 32.2. The Bertz CT molecular complexity index is 553. The number of carbonyl (C=O) groups excluding carboxylic acids is 2. The lowest BCUT2D eigenvalue weighted by Gasteiger charge is -2.15. The molecule has 0 radical (unpaired) electrons. The molecule has 0 aromatic heterocycles. The summed E-state index contributed by atoms with van der Waals surface area (Å²) in [6.07, 6.45) is 0. The van der Waals surface area contributed by atoms with Gasteiger partial charge in [0.05, 0.1) is 17.8 Å². The first-order valence-electron chi connectivity index (χ1n) is 5.49. The van der Waals surface area contributed by atoms with E-state index in [1.54, 1.807) is 18.2 Å². The molecule has 0 bridgehead atoms. The number of hydrogen-bond donors (Lipinski definition) is 1. The lowest BCUT2D eigenvalue weighted by atomic mass is 10.3. The van der Waals surface area contributed by atoms with Crippen molar-refractivity contribution >= 4 is 21.7 Å². The van der Waals surface area contributed by atoms with E-state index in [2.05, 4.69) is 10.1 Å². The van der Waals surface area contributed by atoms with Crippen molar-refractivity contribution in [1.29, 1.82) is 0 Å². The number of methoxy groups -OCH3 is 1. The van der Waals surface area contributed by atoms with Crippen LogP contribution < -0.4 is 5.32 Å². The molecule has 6 nitrogen and oxygen atoms in total. The zero-order valence-electron chi connectivity index (χ0n) is 10.6. The van der Waals surface area contributed by atoms with Crippen LogP contribution >= 0.6 is 0 Å². The number of ether oxygens (including phenoxy) is 1. The van der Waals surface area contributed by atoms with E-state index in [4.69, 9.17) is 0 Å². The monoisotopic (exact) mass is 285 g/mol. The molecule has 1 rings (SSSR count). The molecule has 0 heterocycles. The van der Waals surface area contributed by atoms with Gasteiger partial charge in [-0.25, -0.2) is 13.2 Å². The van der Waals surface area contributed by atoms with Gasteiger partial charge in [0, 0.05) is 6.92 Å². The lowest BCUT2D eigenvalue weighted by molar-refractivity contribution is -0.144. The summed E-state index contributed by atoms with van der Waals surface area (Å²) in [5.41, 5.74) is 0. The van der Waals surface area contributed by atoms with Crippen LogP contribution in [-0.2, 0) is 24.2 Å². The molecule has 1 aromatic carbocycles.